The predicted molar refractivity (Wildman–Crippen MR) is 84.2 cm³/mol. The first-order valence-corrected chi connectivity index (χ1v) is 7.57. The third kappa shape index (κ3) is 11.1. The minimum Gasteiger partial charge on any atom is -0.444 e. The van der Waals surface area contributed by atoms with Crippen molar-refractivity contribution in [2.24, 2.45) is 5.92 Å². The number of hydrogen-bond donors (Lipinski definition) is 3. The molecule has 0 aromatic heterocycles. The molecule has 3 N–H and O–H groups in total. The number of hydrogen-bond acceptors (Lipinski definition) is 4. The van der Waals surface area contributed by atoms with Crippen LogP contribution in [-0.4, -0.2) is 43.8 Å². The standard InChI is InChI=1S/C15H31N3O3/c1-11(2)10-12(13(19)16-6)17-8-7-9-18-14(20)21-15(3,4)5/h11-12,17H,7-10H2,1-6H3,(H,16,19)(H,18,20). The lowest BCUT2D eigenvalue weighted by molar-refractivity contribution is -0.123. The van der Waals surface area contributed by atoms with Crippen molar-refractivity contribution in [2.45, 2.75) is 59.1 Å². The van der Waals surface area contributed by atoms with Crippen LogP contribution in [0.2, 0.25) is 0 Å². The van der Waals surface area contributed by atoms with Gasteiger partial charge in [-0.05, 0) is 46.1 Å². The lowest BCUT2D eigenvalue weighted by atomic mass is 10.0. The lowest BCUT2D eigenvalue weighted by Crippen LogP contribution is -2.44. The van der Waals surface area contributed by atoms with Gasteiger partial charge in [-0.25, -0.2) is 4.79 Å². The summed E-state index contributed by atoms with van der Waals surface area (Å²) in [7, 11) is 1.64. The molecule has 0 aromatic rings. The van der Waals surface area contributed by atoms with Crippen molar-refractivity contribution < 1.29 is 14.3 Å². The minimum atomic E-state index is -0.482. The SMILES string of the molecule is CNC(=O)C(CC(C)C)NCCCNC(=O)OC(C)(C)C. The predicted octanol–water partition coefficient (Wildman–Crippen LogP) is 1.65. The van der Waals surface area contributed by atoms with E-state index in [1.165, 1.54) is 0 Å². The van der Waals surface area contributed by atoms with Gasteiger partial charge in [0, 0.05) is 13.6 Å². The molecule has 2 amide bonds. The van der Waals surface area contributed by atoms with Crippen molar-refractivity contribution in [2.75, 3.05) is 20.1 Å². The van der Waals surface area contributed by atoms with E-state index in [1.54, 1.807) is 7.05 Å². The van der Waals surface area contributed by atoms with E-state index in [1.807, 2.05) is 20.8 Å². The first-order valence-electron chi connectivity index (χ1n) is 7.57. The first-order chi connectivity index (χ1) is 9.65. The molecule has 0 spiro atoms. The molecule has 0 aliphatic heterocycles. The van der Waals surface area contributed by atoms with Crippen LogP contribution in [0.4, 0.5) is 4.79 Å². The van der Waals surface area contributed by atoms with Gasteiger partial charge in [-0.2, -0.15) is 0 Å². The summed E-state index contributed by atoms with van der Waals surface area (Å²) in [6.07, 6.45) is 1.12. The van der Waals surface area contributed by atoms with E-state index >= 15 is 0 Å². The maximum Gasteiger partial charge on any atom is 0.407 e. The van der Waals surface area contributed by atoms with Crippen LogP contribution in [0.5, 0.6) is 0 Å². The van der Waals surface area contributed by atoms with Crippen LogP contribution in [-0.2, 0) is 9.53 Å². The van der Waals surface area contributed by atoms with Gasteiger partial charge in [0.1, 0.15) is 5.60 Å². The molecule has 0 bridgehead atoms. The Labute approximate surface area is 128 Å². The molecule has 0 fully saturated rings. The number of likely N-dealkylation sites (N-methyl/N-ethyl adjacent to an activating group) is 1. The topological polar surface area (TPSA) is 79.5 Å². The minimum absolute atomic E-state index is 0.00352. The summed E-state index contributed by atoms with van der Waals surface area (Å²) < 4.78 is 5.14. The Hall–Kier alpha value is -1.30. The highest BCUT2D eigenvalue weighted by Gasteiger charge is 2.18. The molecule has 124 valence electrons. The van der Waals surface area contributed by atoms with Crippen molar-refractivity contribution in [3.63, 3.8) is 0 Å². The fraction of sp³-hybridized carbons (Fsp3) is 0.867. The van der Waals surface area contributed by atoms with Crippen LogP contribution in [0, 0.1) is 5.92 Å². The molecule has 0 heterocycles. The molecule has 0 aromatic carbocycles. The molecule has 0 saturated carbocycles. The normalized spacial score (nSPS) is 12.9. The van der Waals surface area contributed by atoms with Crippen LogP contribution in [0.15, 0.2) is 0 Å². The van der Waals surface area contributed by atoms with E-state index in [2.05, 4.69) is 29.8 Å². The smallest absolute Gasteiger partial charge is 0.407 e. The molecule has 21 heavy (non-hydrogen) atoms. The molecule has 0 saturated heterocycles. The largest absolute Gasteiger partial charge is 0.444 e. The summed E-state index contributed by atoms with van der Waals surface area (Å²) in [5, 5.41) is 8.58. The second-order valence-electron chi connectivity index (χ2n) is 6.53. The highest BCUT2D eigenvalue weighted by molar-refractivity contribution is 5.81. The highest BCUT2D eigenvalue weighted by atomic mass is 16.6. The second-order valence-corrected chi connectivity index (χ2v) is 6.53. The highest BCUT2D eigenvalue weighted by Crippen LogP contribution is 2.06. The van der Waals surface area contributed by atoms with Gasteiger partial charge >= 0.3 is 6.09 Å². The fourth-order valence-electron chi connectivity index (χ4n) is 1.80. The summed E-state index contributed by atoms with van der Waals surface area (Å²) in [5.41, 5.74) is -0.482. The lowest BCUT2D eigenvalue weighted by Gasteiger charge is -2.20. The molecular weight excluding hydrogens is 270 g/mol. The Bertz CT molecular complexity index is 325. The number of ether oxygens (including phenoxy) is 1. The first kappa shape index (κ1) is 19.7. The van der Waals surface area contributed by atoms with E-state index < -0.39 is 11.7 Å². The quantitative estimate of drug-likeness (QED) is 0.596. The van der Waals surface area contributed by atoms with E-state index in [0.717, 1.165) is 12.8 Å². The van der Waals surface area contributed by atoms with Gasteiger partial charge < -0.3 is 20.7 Å². The number of alkyl carbamates (subject to hydrolysis) is 1. The number of rotatable bonds is 8. The molecule has 6 heteroatoms. The zero-order valence-electron chi connectivity index (χ0n) is 14.2. The molecular formula is C15H31N3O3. The Balaban J connectivity index is 3.90. The maximum atomic E-state index is 11.7. The third-order valence-corrected chi connectivity index (χ3v) is 2.68. The molecule has 1 atom stereocenters. The van der Waals surface area contributed by atoms with E-state index in [0.29, 0.717) is 19.0 Å². The molecule has 0 aliphatic carbocycles. The summed E-state index contributed by atoms with van der Waals surface area (Å²) in [6.45, 7) is 10.8. The van der Waals surface area contributed by atoms with Crippen LogP contribution in [0.3, 0.4) is 0 Å². The number of nitrogens with one attached hydrogen (secondary N) is 3. The van der Waals surface area contributed by atoms with Crippen molar-refractivity contribution in [3.8, 4) is 0 Å². The van der Waals surface area contributed by atoms with Gasteiger partial charge in [0.25, 0.3) is 0 Å². The number of amides is 2. The Morgan fingerprint density at radius 1 is 1.14 bits per heavy atom. The average molecular weight is 301 g/mol. The summed E-state index contributed by atoms with van der Waals surface area (Å²) in [4.78, 5) is 23.2. The second kappa shape index (κ2) is 9.60. The zero-order valence-corrected chi connectivity index (χ0v) is 14.2. The van der Waals surface area contributed by atoms with Crippen molar-refractivity contribution in [1.29, 1.82) is 0 Å². The number of carbonyl (C=O) groups is 2. The number of carbonyl (C=O) groups excluding carboxylic acids is 2. The van der Waals surface area contributed by atoms with Gasteiger partial charge in [0.05, 0.1) is 6.04 Å². The molecule has 0 rings (SSSR count). The van der Waals surface area contributed by atoms with Gasteiger partial charge in [-0.15, -0.1) is 0 Å². The average Bonchev–Trinajstić information content (AvgIpc) is 2.33. The Kier molecular flexibility index (Phi) is 9.01. The molecule has 0 radical (unpaired) electrons. The Morgan fingerprint density at radius 2 is 1.76 bits per heavy atom. The Morgan fingerprint density at radius 3 is 2.24 bits per heavy atom. The van der Waals surface area contributed by atoms with Crippen molar-refractivity contribution in [1.82, 2.24) is 16.0 Å². The van der Waals surface area contributed by atoms with Crippen LogP contribution in [0.25, 0.3) is 0 Å². The third-order valence-electron chi connectivity index (χ3n) is 2.68. The molecule has 1 unspecified atom stereocenters. The summed E-state index contributed by atoms with van der Waals surface area (Å²) in [6, 6.07) is -0.184. The summed E-state index contributed by atoms with van der Waals surface area (Å²) in [5.74, 6) is 0.448. The van der Waals surface area contributed by atoms with E-state index in [-0.39, 0.29) is 11.9 Å². The van der Waals surface area contributed by atoms with Crippen LogP contribution < -0.4 is 16.0 Å². The van der Waals surface area contributed by atoms with Crippen LogP contribution >= 0.6 is 0 Å². The summed E-state index contributed by atoms with van der Waals surface area (Å²) >= 11 is 0. The van der Waals surface area contributed by atoms with Gasteiger partial charge in [0.15, 0.2) is 0 Å². The van der Waals surface area contributed by atoms with E-state index in [4.69, 9.17) is 4.74 Å². The van der Waals surface area contributed by atoms with Gasteiger partial charge in [-0.3, -0.25) is 4.79 Å². The molecule has 6 nitrogen and oxygen atoms in total. The van der Waals surface area contributed by atoms with Crippen LogP contribution in [0.1, 0.15) is 47.5 Å². The zero-order chi connectivity index (χ0) is 16.5. The molecule has 0 aliphatic rings. The van der Waals surface area contributed by atoms with Crippen molar-refractivity contribution >= 4 is 12.0 Å². The maximum absolute atomic E-state index is 11.7. The van der Waals surface area contributed by atoms with Gasteiger partial charge in [0.2, 0.25) is 5.91 Å². The fourth-order valence-corrected chi connectivity index (χ4v) is 1.80. The van der Waals surface area contributed by atoms with Crippen molar-refractivity contribution in [3.05, 3.63) is 0 Å². The monoisotopic (exact) mass is 301 g/mol. The van der Waals surface area contributed by atoms with E-state index in [9.17, 15) is 9.59 Å². The van der Waals surface area contributed by atoms with Gasteiger partial charge in [-0.1, -0.05) is 13.8 Å².